The van der Waals surface area contributed by atoms with Gasteiger partial charge in [0.2, 0.25) is 5.95 Å². The van der Waals surface area contributed by atoms with Gasteiger partial charge in [0.25, 0.3) is 5.91 Å². The van der Waals surface area contributed by atoms with E-state index in [1.165, 1.54) is 6.20 Å². The quantitative estimate of drug-likeness (QED) is 0.721. The molecular weight excluding hydrogens is 308 g/mol. The maximum Gasteiger partial charge on any atom is 0.271 e. The fourth-order valence-corrected chi connectivity index (χ4v) is 2.33. The van der Waals surface area contributed by atoms with Gasteiger partial charge in [-0.25, -0.2) is 9.97 Å². The Morgan fingerprint density at radius 1 is 1.36 bits per heavy atom. The van der Waals surface area contributed by atoms with Crippen molar-refractivity contribution in [1.82, 2.24) is 15.3 Å². The molecule has 1 aliphatic rings. The first-order chi connectivity index (χ1) is 10.7. The molecule has 1 N–H and O–H groups in total. The molecule has 1 amide bonds. The molecule has 0 spiro atoms. The molecule has 0 saturated carbocycles. The number of halogens is 1. The van der Waals surface area contributed by atoms with Crippen LogP contribution >= 0.6 is 11.6 Å². The number of hydrogen-bond acceptors (Lipinski definition) is 6. The number of rotatable bonds is 8. The van der Waals surface area contributed by atoms with E-state index in [2.05, 4.69) is 20.2 Å². The van der Waals surface area contributed by atoms with E-state index in [4.69, 9.17) is 21.1 Å². The standard InChI is InChI=1S/C14H21ClN4O3/c1-21-8-9-22-7-4-16-13(20)12-11(15)10-17-14(18-12)19-5-2-3-6-19/h10H,2-9H2,1H3,(H,16,20). The van der Waals surface area contributed by atoms with Crippen LogP contribution in [0, 0.1) is 0 Å². The first-order valence-electron chi connectivity index (χ1n) is 7.34. The highest BCUT2D eigenvalue weighted by molar-refractivity contribution is 6.33. The Bertz CT molecular complexity index is 495. The second-order valence-electron chi connectivity index (χ2n) is 4.92. The monoisotopic (exact) mass is 328 g/mol. The van der Waals surface area contributed by atoms with Crippen LogP contribution in [0.1, 0.15) is 23.3 Å². The minimum atomic E-state index is -0.316. The van der Waals surface area contributed by atoms with Crippen molar-refractivity contribution < 1.29 is 14.3 Å². The van der Waals surface area contributed by atoms with Crippen molar-refractivity contribution in [2.45, 2.75) is 12.8 Å². The maximum atomic E-state index is 12.1. The van der Waals surface area contributed by atoms with Crippen LogP contribution in [-0.2, 0) is 9.47 Å². The van der Waals surface area contributed by atoms with E-state index in [-0.39, 0.29) is 16.6 Å². The summed E-state index contributed by atoms with van der Waals surface area (Å²) >= 11 is 6.03. The van der Waals surface area contributed by atoms with Gasteiger partial charge in [-0.1, -0.05) is 11.6 Å². The Balaban J connectivity index is 1.87. The molecule has 0 atom stereocenters. The summed E-state index contributed by atoms with van der Waals surface area (Å²) in [4.78, 5) is 22.7. The molecule has 7 nitrogen and oxygen atoms in total. The maximum absolute atomic E-state index is 12.1. The number of hydrogen-bond donors (Lipinski definition) is 1. The van der Waals surface area contributed by atoms with Crippen molar-refractivity contribution in [2.24, 2.45) is 0 Å². The van der Waals surface area contributed by atoms with E-state index in [0.29, 0.717) is 32.3 Å². The third kappa shape index (κ3) is 4.79. The minimum absolute atomic E-state index is 0.204. The largest absolute Gasteiger partial charge is 0.382 e. The molecule has 0 unspecified atom stereocenters. The third-order valence-electron chi connectivity index (χ3n) is 3.30. The van der Waals surface area contributed by atoms with E-state index < -0.39 is 0 Å². The zero-order chi connectivity index (χ0) is 15.8. The lowest BCUT2D eigenvalue weighted by atomic mass is 10.3. The highest BCUT2D eigenvalue weighted by Crippen LogP contribution is 2.19. The zero-order valence-electron chi connectivity index (χ0n) is 12.7. The van der Waals surface area contributed by atoms with Gasteiger partial charge < -0.3 is 19.7 Å². The summed E-state index contributed by atoms with van der Waals surface area (Å²) in [5.41, 5.74) is 0.204. The summed E-state index contributed by atoms with van der Waals surface area (Å²) in [6.45, 7) is 3.66. The van der Waals surface area contributed by atoms with Gasteiger partial charge in [0.05, 0.1) is 31.0 Å². The lowest BCUT2D eigenvalue weighted by Crippen LogP contribution is -2.30. The number of carbonyl (C=O) groups is 1. The topological polar surface area (TPSA) is 76.6 Å². The summed E-state index contributed by atoms with van der Waals surface area (Å²) in [5.74, 6) is 0.242. The predicted molar refractivity (Wildman–Crippen MR) is 83.5 cm³/mol. The normalized spacial score (nSPS) is 14.4. The molecule has 0 aromatic carbocycles. The Labute approximate surface area is 135 Å². The number of anilines is 1. The number of ether oxygens (including phenoxy) is 2. The molecule has 2 heterocycles. The Morgan fingerprint density at radius 2 is 2.14 bits per heavy atom. The first-order valence-corrected chi connectivity index (χ1v) is 7.72. The third-order valence-corrected chi connectivity index (χ3v) is 3.58. The average molecular weight is 329 g/mol. The molecule has 1 fully saturated rings. The van der Waals surface area contributed by atoms with Crippen LogP contribution in [0.4, 0.5) is 5.95 Å². The highest BCUT2D eigenvalue weighted by Gasteiger charge is 2.19. The van der Waals surface area contributed by atoms with Gasteiger partial charge in [0.15, 0.2) is 5.69 Å². The van der Waals surface area contributed by atoms with Crippen molar-refractivity contribution in [2.75, 3.05) is 51.5 Å². The minimum Gasteiger partial charge on any atom is -0.382 e. The summed E-state index contributed by atoms with van der Waals surface area (Å²) in [5, 5.41) is 2.99. The van der Waals surface area contributed by atoms with E-state index in [1.807, 2.05) is 0 Å². The van der Waals surface area contributed by atoms with Crippen molar-refractivity contribution in [1.29, 1.82) is 0 Å². The van der Waals surface area contributed by atoms with E-state index in [1.54, 1.807) is 7.11 Å². The van der Waals surface area contributed by atoms with Crippen LogP contribution in [0.15, 0.2) is 6.20 Å². The van der Waals surface area contributed by atoms with Crippen LogP contribution in [-0.4, -0.2) is 62.4 Å². The smallest absolute Gasteiger partial charge is 0.271 e. The summed E-state index contributed by atoms with van der Waals surface area (Å²) in [7, 11) is 1.61. The Kier molecular flexibility index (Phi) is 6.82. The highest BCUT2D eigenvalue weighted by atomic mass is 35.5. The molecule has 2 rings (SSSR count). The van der Waals surface area contributed by atoms with Crippen LogP contribution in [0.2, 0.25) is 5.02 Å². The SMILES string of the molecule is COCCOCCNC(=O)c1nc(N2CCCC2)ncc1Cl. The summed E-state index contributed by atoms with van der Waals surface area (Å²) in [6, 6.07) is 0. The van der Waals surface area contributed by atoms with Gasteiger partial charge in [-0.05, 0) is 12.8 Å². The fraction of sp³-hybridized carbons (Fsp3) is 0.643. The van der Waals surface area contributed by atoms with Crippen LogP contribution in [0.5, 0.6) is 0 Å². The molecule has 1 aromatic heterocycles. The summed E-state index contributed by atoms with van der Waals surface area (Å²) < 4.78 is 10.1. The number of nitrogens with zero attached hydrogens (tertiary/aromatic N) is 3. The summed E-state index contributed by atoms with van der Waals surface area (Å²) in [6.07, 6.45) is 3.71. The number of aromatic nitrogens is 2. The molecule has 0 radical (unpaired) electrons. The molecule has 0 bridgehead atoms. The van der Waals surface area contributed by atoms with Crippen molar-refractivity contribution in [3.05, 3.63) is 16.9 Å². The van der Waals surface area contributed by atoms with E-state index >= 15 is 0 Å². The Morgan fingerprint density at radius 3 is 2.86 bits per heavy atom. The number of carbonyl (C=O) groups excluding carboxylic acids is 1. The number of methoxy groups -OCH3 is 1. The van der Waals surface area contributed by atoms with Gasteiger partial charge in [0, 0.05) is 26.7 Å². The van der Waals surface area contributed by atoms with Gasteiger partial charge in [-0.15, -0.1) is 0 Å². The average Bonchev–Trinajstić information content (AvgIpc) is 3.05. The molecule has 122 valence electrons. The first kappa shape index (κ1) is 16.9. The van der Waals surface area contributed by atoms with E-state index in [0.717, 1.165) is 25.9 Å². The molecule has 1 aromatic rings. The molecule has 0 aliphatic carbocycles. The molecule has 22 heavy (non-hydrogen) atoms. The zero-order valence-corrected chi connectivity index (χ0v) is 13.4. The second kappa shape index (κ2) is 8.87. The van der Waals surface area contributed by atoms with Crippen molar-refractivity contribution >= 4 is 23.5 Å². The lowest BCUT2D eigenvalue weighted by Gasteiger charge is -2.16. The van der Waals surface area contributed by atoms with Crippen molar-refractivity contribution in [3.8, 4) is 0 Å². The van der Waals surface area contributed by atoms with Crippen LogP contribution in [0.3, 0.4) is 0 Å². The molecular formula is C14H21ClN4O3. The van der Waals surface area contributed by atoms with Gasteiger partial charge in [-0.2, -0.15) is 0 Å². The predicted octanol–water partition coefficient (Wildman–Crippen LogP) is 1.12. The van der Waals surface area contributed by atoms with Gasteiger partial charge in [0.1, 0.15) is 0 Å². The second-order valence-corrected chi connectivity index (χ2v) is 5.33. The van der Waals surface area contributed by atoms with Crippen LogP contribution in [0.25, 0.3) is 0 Å². The number of amides is 1. The number of nitrogens with one attached hydrogen (secondary N) is 1. The fourth-order valence-electron chi connectivity index (χ4n) is 2.15. The molecule has 8 heteroatoms. The van der Waals surface area contributed by atoms with Crippen LogP contribution < -0.4 is 10.2 Å². The lowest BCUT2D eigenvalue weighted by molar-refractivity contribution is 0.0692. The van der Waals surface area contributed by atoms with E-state index in [9.17, 15) is 4.79 Å². The molecule has 1 saturated heterocycles. The van der Waals surface area contributed by atoms with Gasteiger partial charge in [-0.3, -0.25) is 4.79 Å². The Hall–Kier alpha value is -1.44. The molecule has 1 aliphatic heterocycles. The van der Waals surface area contributed by atoms with Crippen molar-refractivity contribution in [3.63, 3.8) is 0 Å². The van der Waals surface area contributed by atoms with Gasteiger partial charge >= 0.3 is 0 Å².